The summed E-state index contributed by atoms with van der Waals surface area (Å²) < 4.78 is 67.9. The highest BCUT2D eigenvalue weighted by atomic mass is 19.3. The standard InChI is InChI=1S/C21H20F5N5/c1-11(13-4-3-5-14(18(13)22)19(23)24)28-20-15-8-17(31-7-6-21(25,26)10-31)27-9-16(15)29-12(2)30-20/h3-5,8-9,11,19H,6-7,10H2,1-2H3,(H,28,29,30)/t11-/m1/s1. The predicted octanol–water partition coefficient (Wildman–Crippen LogP) is 5.43. The lowest BCUT2D eigenvalue weighted by atomic mass is 10.0. The fourth-order valence-electron chi connectivity index (χ4n) is 3.71. The van der Waals surface area contributed by atoms with E-state index in [1.165, 1.54) is 23.2 Å². The Morgan fingerprint density at radius 3 is 2.58 bits per heavy atom. The molecule has 1 aliphatic rings. The minimum absolute atomic E-state index is 0.0654. The SMILES string of the molecule is Cc1nc(N[C@H](C)c2cccc(C(F)F)c2F)c2cc(N3CCC(F)(F)C3)ncc2n1. The van der Waals surface area contributed by atoms with Crippen LogP contribution in [0, 0.1) is 12.7 Å². The molecule has 0 bridgehead atoms. The van der Waals surface area contributed by atoms with E-state index in [2.05, 4.69) is 20.3 Å². The number of aryl methyl sites for hydroxylation is 1. The van der Waals surface area contributed by atoms with Crippen molar-refractivity contribution in [3.63, 3.8) is 0 Å². The smallest absolute Gasteiger partial charge is 0.266 e. The second kappa shape index (κ2) is 7.90. The number of nitrogens with zero attached hydrogens (tertiary/aromatic N) is 4. The lowest BCUT2D eigenvalue weighted by molar-refractivity contribution is 0.0256. The van der Waals surface area contributed by atoms with Crippen LogP contribution < -0.4 is 10.2 Å². The number of benzene rings is 1. The first-order chi connectivity index (χ1) is 14.6. The van der Waals surface area contributed by atoms with Gasteiger partial charge in [-0.3, -0.25) is 0 Å². The van der Waals surface area contributed by atoms with Crippen LogP contribution in [0.5, 0.6) is 0 Å². The average molecular weight is 437 g/mol. The van der Waals surface area contributed by atoms with Crippen LogP contribution in [0.2, 0.25) is 0 Å². The fourth-order valence-corrected chi connectivity index (χ4v) is 3.71. The summed E-state index contributed by atoms with van der Waals surface area (Å²) in [6.45, 7) is 3.04. The number of alkyl halides is 4. The molecule has 1 fully saturated rings. The van der Waals surface area contributed by atoms with Crippen molar-refractivity contribution in [1.82, 2.24) is 15.0 Å². The Morgan fingerprint density at radius 2 is 1.90 bits per heavy atom. The number of pyridine rings is 1. The minimum atomic E-state index is -2.93. The van der Waals surface area contributed by atoms with E-state index in [0.717, 1.165) is 6.07 Å². The van der Waals surface area contributed by atoms with Gasteiger partial charge >= 0.3 is 0 Å². The van der Waals surface area contributed by atoms with Crippen molar-refractivity contribution in [2.45, 2.75) is 38.7 Å². The molecule has 1 aromatic carbocycles. The van der Waals surface area contributed by atoms with Gasteiger partial charge in [0.15, 0.2) is 0 Å². The van der Waals surface area contributed by atoms with Crippen molar-refractivity contribution in [2.24, 2.45) is 0 Å². The van der Waals surface area contributed by atoms with Gasteiger partial charge in [0, 0.05) is 23.9 Å². The number of hydrogen-bond donors (Lipinski definition) is 1. The van der Waals surface area contributed by atoms with Gasteiger partial charge in [0.05, 0.1) is 29.9 Å². The molecule has 2 aromatic heterocycles. The third-order valence-corrected chi connectivity index (χ3v) is 5.29. The number of hydrogen-bond acceptors (Lipinski definition) is 5. The summed E-state index contributed by atoms with van der Waals surface area (Å²) in [5, 5.41) is 3.57. The molecular formula is C21H20F5N5. The molecule has 3 heterocycles. The molecule has 3 aromatic rings. The third-order valence-electron chi connectivity index (χ3n) is 5.29. The molecule has 0 radical (unpaired) electrons. The second-order valence-corrected chi connectivity index (χ2v) is 7.62. The molecule has 4 rings (SSSR count). The Balaban J connectivity index is 1.70. The zero-order valence-corrected chi connectivity index (χ0v) is 16.8. The molecule has 0 aliphatic carbocycles. The van der Waals surface area contributed by atoms with Crippen molar-refractivity contribution >= 4 is 22.5 Å². The summed E-state index contributed by atoms with van der Waals surface area (Å²) in [7, 11) is 0. The molecule has 10 heteroatoms. The van der Waals surface area contributed by atoms with Crippen molar-refractivity contribution < 1.29 is 22.0 Å². The van der Waals surface area contributed by atoms with Crippen LogP contribution in [0.3, 0.4) is 0 Å². The van der Waals surface area contributed by atoms with Crippen molar-refractivity contribution in [2.75, 3.05) is 23.3 Å². The molecule has 1 atom stereocenters. The van der Waals surface area contributed by atoms with Gasteiger partial charge in [-0.05, 0) is 19.9 Å². The topological polar surface area (TPSA) is 53.9 Å². The summed E-state index contributed by atoms with van der Waals surface area (Å²) in [6, 6.07) is 4.76. The highest BCUT2D eigenvalue weighted by Crippen LogP contribution is 2.33. The van der Waals surface area contributed by atoms with Crippen LogP contribution in [0.1, 0.15) is 42.8 Å². The van der Waals surface area contributed by atoms with E-state index in [1.54, 1.807) is 19.9 Å². The monoisotopic (exact) mass is 437 g/mol. The fraction of sp³-hybridized carbons (Fsp3) is 0.381. The Morgan fingerprint density at radius 1 is 1.16 bits per heavy atom. The van der Waals surface area contributed by atoms with Gasteiger partial charge in [-0.25, -0.2) is 36.9 Å². The molecular weight excluding hydrogens is 417 g/mol. The first kappa shape index (κ1) is 21.2. The van der Waals surface area contributed by atoms with E-state index >= 15 is 0 Å². The van der Waals surface area contributed by atoms with Gasteiger partial charge in [0.2, 0.25) is 0 Å². The zero-order chi connectivity index (χ0) is 22.3. The Labute approximate surface area is 175 Å². The van der Waals surface area contributed by atoms with E-state index in [9.17, 15) is 22.0 Å². The second-order valence-electron chi connectivity index (χ2n) is 7.62. The summed E-state index contributed by atoms with van der Waals surface area (Å²) in [6.07, 6.45) is -1.70. The lowest BCUT2D eigenvalue weighted by Crippen LogP contribution is -2.25. The normalized spacial score (nSPS) is 16.8. The number of fused-ring (bicyclic) bond motifs is 1. The van der Waals surface area contributed by atoms with Gasteiger partial charge in [-0.1, -0.05) is 18.2 Å². The van der Waals surface area contributed by atoms with Crippen LogP contribution in [0.25, 0.3) is 10.9 Å². The van der Waals surface area contributed by atoms with Crippen LogP contribution in [0.4, 0.5) is 33.6 Å². The maximum Gasteiger partial charge on any atom is 0.266 e. The highest BCUT2D eigenvalue weighted by Gasteiger charge is 2.38. The van der Waals surface area contributed by atoms with E-state index < -0.39 is 36.3 Å². The van der Waals surface area contributed by atoms with Gasteiger partial charge < -0.3 is 10.2 Å². The van der Waals surface area contributed by atoms with E-state index in [-0.39, 0.29) is 18.5 Å². The Kier molecular flexibility index (Phi) is 5.40. The van der Waals surface area contributed by atoms with Gasteiger partial charge in [-0.2, -0.15) is 0 Å². The van der Waals surface area contributed by atoms with Gasteiger partial charge in [0.25, 0.3) is 12.3 Å². The number of halogens is 5. The highest BCUT2D eigenvalue weighted by molar-refractivity contribution is 5.90. The molecule has 31 heavy (non-hydrogen) atoms. The molecule has 0 unspecified atom stereocenters. The first-order valence-corrected chi connectivity index (χ1v) is 9.75. The maximum atomic E-state index is 14.6. The van der Waals surface area contributed by atoms with Crippen LogP contribution in [-0.4, -0.2) is 34.0 Å². The predicted molar refractivity (Wildman–Crippen MR) is 107 cm³/mol. The number of rotatable bonds is 5. The summed E-state index contributed by atoms with van der Waals surface area (Å²) >= 11 is 0. The van der Waals surface area contributed by atoms with Crippen LogP contribution in [-0.2, 0) is 0 Å². The number of nitrogens with one attached hydrogen (secondary N) is 1. The molecule has 1 aliphatic heterocycles. The third kappa shape index (κ3) is 4.24. The largest absolute Gasteiger partial charge is 0.363 e. The van der Waals surface area contributed by atoms with Crippen LogP contribution in [0.15, 0.2) is 30.5 Å². The minimum Gasteiger partial charge on any atom is -0.363 e. The van der Waals surface area contributed by atoms with Crippen molar-refractivity contribution in [3.8, 4) is 0 Å². The van der Waals surface area contributed by atoms with Gasteiger partial charge in [-0.15, -0.1) is 0 Å². The summed E-state index contributed by atoms with van der Waals surface area (Å²) in [5.74, 6) is -2.63. The number of anilines is 2. The molecule has 1 saturated heterocycles. The van der Waals surface area contributed by atoms with Crippen molar-refractivity contribution in [3.05, 3.63) is 53.2 Å². The molecule has 5 nitrogen and oxygen atoms in total. The summed E-state index contributed by atoms with van der Waals surface area (Å²) in [4.78, 5) is 14.4. The molecule has 1 N–H and O–H groups in total. The van der Waals surface area contributed by atoms with E-state index in [0.29, 0.717) is 28.4 Å². The quantitative estimate of drug-likeness (QED) is 0.540. The van der Waals surface area contributed by atoms with Crippen LogP contribution >= 0.6 is 0 Å². The van der Waals surface area contributed by atoms with E-state index in [1.807, 2.05) is 0 Å². The summed E-state index contributed by atoms with van der Waals surface area (Å²) in [5.41, 5.74) is -0.120. The Bertz CT molecular complexity index is 1120. The zero-order valence-electron chi connectivity index (χ0n) is 16.8. The average Bonchev–Trinajstić information content (AvgIpc) is 3.07. The molecule has 0 spiro atoms. The Hall–Kier alpha value is -3.04. The molecule has 0 saturated carbocycles. The van der Waals surface area contributed by atoms with E-state index in [4.69, 9.17) is 0 Å². The lowest BCUT2D eigenvalue weighted by Gasteiger charge is -2.20. The molecule has 164 valence electrons. The van der Waals surface area contributed by atoms with Gasteiger partial charge in [0.1, 0.15) is 23.3 Å². The van der Waals surface area contributed by atoms with Crippen molar-refractivity contribution in [1.29, 1.82) is 0 Å². The molecule has 0 amide bonds. The maximum absolute atomic E-state index is 14.6. The number of aromatic nitrogens is 3. The first-order valence-electron chi connectivity index (χ1n) is 9.75.